The normalized spacial score (nSPS) is 12.5. The summed E-state index contributed by atoms with van der Waals surface area (Å²) in [6.45, 7) is 5.32. The molecule has 78 valence electrons. The Hall–Kier alpha value is -0.770. The summed E-state index contributed by atoms with van der Waals surface area (Å²) in [5.74, 6) is 0. The van der Waals surface area contributed by atoms with E-state index in [0.717, 1.165) is 6.42 Å². The first-order valence-corrected chi connectivity index (χ1v) is 4.82. The Kier molecular flexibility index (Phi) is 7.39. The number of unbranched alkanes of at least 4 members (excludes halogenated alkanes) is 1. The van der Waals surface area contributed by atoms with Gasteiger partial charge in [-0.3, -0.25) is 0 Å². The molecule has 0 bridgehead atoms. The third kappa shape index (κ3) is 9.14. The number of rotatable bonds is 7. The average molecular weight is 188 g/mol. The molecule has 0 rings (SSSR count). The van der Waals surface area contributed by atoms with E-state index in [4.69, 9.17) is 5.73 Å². The van der Waals surface area contributed by atoms with Gasteiger partial charge in [0.2, 0.25) is 0 Å². The Labute approximate surface area is 79.8 Å². The number of hydrogen-bond acceptors (Lipinski definition) is 3. The van der Waals surface area contributed by atoms with Crippen LogP contribution in [0.15, 0.2) is 0 Å². The number of ether oxygens (including phenoxy) is 1. The SMILES string of the molecule is CCCCC(C)NCCOC(N)=O. The van der Waals surface area contributed by atoms with Crippen LogP contribution >= 0.6 is 0 Å². The van der Waals surface area contributed by atoms with Crippen molar-refractivity contribution in [1.29, 1.82) is 0 Å². The Bertz CT molecular complexity index is 140. The zero-order chi connectivity index (χ0) is 10.1. The molecule has 0 aromatic rings. The van der Waals surface area contributed by atoms with Gasteiger partial charge in [-0.15, -0.1) is 0 Å². The van der Waals surface area contributed by atoms with Crippen LogP contribution in [-0.2, 0) is 4.74 Å². The van der Waals surface area contributed by atoms with Gasteiger partial charge in [-0.25, -0.2) is 4.79 Å². The quantitative estimate of drug-likeness (QED) is 0.591. The minimum absolute atomic E-state index is 0.353. The molecule has 1 atom stereocenters. The van der Waals surface area contributed by atoms with Crippen LogP contribution in [0.25, 0.3) is 0 Å². The van der Waals surface area contributed by atoms with E-state index >= 15 is 0 Å². The lowest BCUT2D eigenvalue weighted by molar-refractivity contribution is 0.156. The minimum Gasteiger partial charge on any atom is -0.448 e. The summed E-state index contributed by atoms with van der Waals surface area (Å²) in [5.41, 5.74) is 4.80. The largest absolute Gasteiger partial charge is 0.448 e. The Morgan fingerprint density at radius 1 is 1.62 bits per heavy atom. The number of amides is 1. The topological polar surface area (TPSA) is 64.3 Å². The lowest BCUT2D eigenvalue weighted by atomic mass is 10.1. The Balaban J connectivity index is 3.16. The molecule has 0 aliphatic rings. The minimum atomic E-state index is -0.706. The number of nitrogens with one attached hydrogen (secondary N) is 1. The molecule has 4 heteroatoms. The highest BCUT2D eigenvalue weighted by atomic mass is 16.5. The van der Waals surface area contributed by atoms with Crippen molar-refractivity contribution in [1.82, 2.24) is 5.32 Å². The van der Waals surface area contributed by atoms with Crippen molar-refractivity contribution in [2.24, 2.45) is 5.73 Å². The molecule has 13 heavy (non-hydrogen) atoms. The number of carbonyl (C=O) groups excluding carboxylic acids is 1. The van der Waals surface area contributed by atoms with Crippen molar-refractivity contribution in [3.63, 3.8) is 0 Å². The molecule has 0 aromatic heterocycles. The molecule has 0 spiro atoms. The monoisotopic (exact) mass is 188 g/mol. The molecule has 0 aliphatic heterocycles. The highest BCUT2D eigenvalue weighted by molar-refractivity contribution is 5.64. The van der Waals surface area contributed by atoms with Crippen LogP contribution in [0.1, 0.15) is 33.1 Å². The predicted molar refractivity (Wildman–Crippen MR) is 52.5 cm³/mol. The molecule has 0 heterocycles. The molecule has 3 N–H and O–H groups in total. The first kappa shape index (κ1) is 12.2. The van der Waals surface area contributed by atoms with Gasteiger partial charge in [0.25, 0.3) is 0 Å². The lowest BCUT2D eigenvalue weighted by Gasteiger charge is -2.12. The van der Waals surface area contributed by atoms with Gasteiger partial charge in [0.15, 0.2) is 0 Å². The smallest absolute Gasteiger partial charge is 0.404 e. The maximum Gasteiger partial charge on any atom is 0.404 e. The second-order valence-corrected chi connectivity index (χ2v) is 3.16. The van der Waals surface area contributed by atoms with Gasteiger partial charge in [-0.1, -0.05) is 19.8 Å². The van der Waals surface area contributed by atoms with E-state index in [1.807, 2.05) is 0 Å². The molecule has 0 fully saturated rings. The first-order valence-electron chi connectivity index (χ1n) is 4.82. The summed E-state index contributed by atoms with van der Waals surface area (Å²) in [5, 5.41) is 3.24. The average Bonchev–Trinajstić information content (AvgIpc) is 2.08. The van der Waals surface area contributed by atoms with Gasteiger partial charge >= 0.3 is 6.09 Å². The summed E-state index contributed by atoms with van der Waals surface area (Å²) in [7, 11) is 0. The molecule has 1 unspecified atom stereocenters. The van der Waals surface area contributed by atoms with Crippen LogP contribution in [0.4, 0.5) is 4.79 Å². The first-order chi connectivity index (χ1) is 6.16. The second kappa shape index (κ2) is 7.86. The summed E-state index contributed by atoms with van der Waals surface area (Å²) in [6, 6.07) is 0.483. The van der Waals surface area contributed by atoms with E-state index in [2.05, 4.69) is 23.9 Å². The Morgan fingerprint density at radius 2 is 2.31 bits per heavy atom. The van der Waals surface area contributed by atoms with Crippen molar-refractivity contribution in [3.8, 4) is 0 Å². The van der Waals surface area contributed by atoms with Crippen molar-refractivity contribution < 1.29 is 9.53 Å². The highest BCUT2D eigenvalue weighted by Crippen LogP contribution is 1.98. The fourth-order valence-corrected chi connectivity index (χ4v) is 1.07. The van der Waals surface area contributed by atoms with Crippen molar-refractivity contribution in [3.05, 3.63) is 0 Å². The molecule has 0 radical (unpaired) electrons. The van der Waals surface area contributed by atoms with Crippen molar-refractivity contribution in [2.75, 3.05) is 13.2 Å². The van der Waals surface area contributed by atoms with Gasteiger partial charge in [0, 0.05) is 12.6 Å². The fourth-order valence-electron chi connectivity index (χ4n) is 1.07. The molecule has 0 aliphatic carbocycles. The highest BCUT2D eigenvalue weighted by Gasteiger charge is 1.99. The third-order valence-electron chi connectivity index (χ3n) is 1.83. The zero-order valence-corrected chi connectivity index (χ0v) is 8.51. The van der Waals surface area contributed by atoms with Crippen molar-refractivity contribution >= 4 is 6.09 Å². The van der Waals surface area contributed by atoms with Crippen LogP contribution in [0, 0.1) is 0 Å². The Morgan fingerprint density at radius 3 is 2.85 bits per heavy atom. The van der Waals surface area contributed by atoms with E-state index < -0.39 is 6.09 Å². The summed E-state index contributed by atoms with van der Waals surface area (Å²) in [6.07, 6.45) is 2.89. The maximum absolute atomic E-state index is 10.2. The molecule has 4 nitrogen and oxygen atoms in total. The second-order valence-electron chi connectivity index (χ2n) is 3.16. The van der Waals surface area contributed by atoms with E-state index in [0.29, 0.717) is 19.2 Å². The molecule has 0 saturated carbocycles. The molecular formula is C9H20N2O2. The molecular weight excluding hydrogens is 168 g/mol. The number of primary amides is 1. The summed E-state index contributed by atoms with van der Waals surface area (Å²) < 4.78 is 4.57. The number of nitrogens with two attached hydrogens (primary N) is 1. The van der Waals surface area contributed by atoms with Gasteiger partial charge < -0.3 is 15.8 Å². The van der Waals surface area contributed by atoms with Crippen LogP contribution in [0.2, 0.25) is 0 Å². The van der Waals surface area contributed by atoms with E-state index in [1.54, 1.807) is 0 Å². The summed E-state index contributed by atoms with van der Waals surface area (Å²) >= 11 is 0. The predicted octanol–water partition coefficient (Wildman–Crippen LogP) is 1.25. The molecule has 0 saturated heterocycles. The van der Waals surface area contributed by atoms with Crippen LogP contribution in [0.5, 0.6) is 0 Å². The maximum atomic E-state index is 10.2. The van der Waals surface area contributed by atoms with Crippen LogP contribution in [0.3, 0.4) is 0 Å². The van der Waals surface area contributed by atoms with Crippen LogP contribution < -0.4 is 11.1 Å². The van der Waals surface area contributed by atoms with E-state index in [9.17, 15) is 4.79 Å². The summed E-state index contributed by atoms with van der Waals surface area (Å²) in [4.78, 5) is 10.2. The van der Waals surface area contributed by atoms with E-state index in [1.165, 1.54) is 12.8 Å². The van der Waals surface area contributed by atoms with Crippen molar-refractivity contribution in [2.45, 2.75) is 39.2 Å². The zero-order valence-electron chi connectivity index (χ0n) is 8.51. The number of hydrogen-bond donors (Lipinski definition) is 2. The molecule has 1 amide bonds. The third-order valence-corrected chi connectivity index (χ3v) is 1.83. The standard InChI is InChI=1S/C9H20N2O2/c1-3-4-5-8(2)11-6-7-13-9(10)12/h8,11H,3-7H2,1-2H3,(H2,10,12). The van der Waals surface area contributed by atoms with E-state index in [-0.39, 0.29) is 0 Å². The van der Waals surface area contributed by atoms with Crippen LogP contribution in [-0.4, -0.2) is 25.3 Å². The van der Waals surface area contributed by atoms with Gasteiger partial charge in [0.05, 0.1) is 0 Å². The number of carbonyl (C=O) groups is 1. The molecule has 0 aromatic carbocycles. The fraction of sp³-hybridized carbons (Fsp3) is 0.889. The lowest BCUT2D eigenvalue weighted by Crippen LogP contribution is -2.30. The van der Waals surface area contributed by atoms with Gasteiger partial charge in [-0.05, 0) is 13.3 Å². The van der Waals surface area contributed by atoms with Gasteiger partial charge in [-0.2, -0.15) is 0 Å². The van der Waals surface area contributed by atoms with Gasteiger partial charge in [0.1, 0.15) is 6.61 Å².